The summed E-state index contributed by atoms with van der Waals surface area (Å²) in [4.78, 5) is 48.6. The number of hydrogen-bond donors (Lipinski definition) is 3. The molecule has 3 N–H and O–H groups in total. The fourth-order valence-corrected chi connectivity index (χ4v) is 6.58. The topological polar surface area (TPSA) is 141 Å². The number of rotatable bonds is 11. The van der Waals surface area contributed by atoms with E-state index in [1.165, 1.54) is 24.3 Å². The number of methoxy groups -OCH3 is 3. The van der Waals surface area contributed by atoms with Crippen molar-refractivity contribution in [2.24, 2.45) is 5.92 Å². The lowest BCUT2D eigenvalue weighted by Crippen LogP contribution is -2.40. The average molecular weight is 658 g/mol. The smallest absolute Gasteiger partial charge is 0.248 e. The van der Waals surface area contributed by atoms with E-state index in [2.05, 4.69) is 25.9 Å². The summed E-state index contributed by atoms with van der Waals surface area (Å²) in [7, 11) is 4.66. The Labute approximate surface area is 277 Å². The van der Waals surface area contributed by atoms with E-state index in [4.69, 9.17) is 14.2 Å². The number of amides is 2. The Hall–Kier alpha value is -4.97. The van der Waals surface area contributed by atoms with Crippen LogP contribution in [0.2, 0.25) is 0 Å². The van der Waals surface area contributed by atoms with Crippen LogP contribution in [0.1, 0.15) is 50.8 Å². The van der Waals surface area contributed by atoms with Crippen molar-refractivity contribution in [2.45, 2.75) is 52.1 Å². The van der Waals surface area contributed by atoms with Gasteiger partial charge in [0.25, 0.3) is 0 Å². The van der Waals surface area contributed by atoms with E-state index in [0.29, 0.717) is 58.5 Å². The van der Waals surface area contributed by atoms with Crippen molar-refractivity contribution in [3.8, 4) is 39.6 Å². The van der Waals surface area contributed by atoms with E-state index >= 15 is 0 Å². The minimum atomic E-state index is -0.738. The predicted octanol–water partition coefficient (Wildman–Crippen LogP) is 5.85. The summed E-state index contributed by atoms with van der Waals surface area (Å²) in [6.07, 6.45) is 5.22. The standard InChI is InChI=1S/C35H39N5O6S/c1-7-19(2)31(34(43)40-35-39-27(18-47-35)22-9-8-14-36-17-22)38-26-13-11-23-24(16-28(26)42)25(37-20(3)41)12-10-21-15-29(44-4)32(45-5)33(46-6)30(21)23/h8-9,11,13-19,25,31H,7,10,12H2,1-6H3,(H,37,41)(H,38,42)(H,39,40,43)/t19-,25+,31+/m0/s1. The van der Waals surface area contributed by atoms with Crippen LogP contribution in [0, 0.1) is 5.92 Å². The zero-order chi connectivity index (χ0) is 33.7. The van der Waals surface area contributed by atoms with Crippen molar-refractivity contribution in [3.05, 3.63) is 75.5 Å². The molecule has 4 aromatic rings. The highest BCUT2D eigenvalue weighted by molar-refractivity contribution is 7.14. The maximum atomic E-state index is 13.9. The van der Waals surface area contributed by atoms with Gasteiger partial charge < -0.3 is 30.2 Å². The number of nitrogens with zero attached hydrogens (tertiary/aromatic N) is 2. The number of anilines is 2. The number of aromatic nitrogens is 2. The number of hydrogen-bond acceptors (Lipinski definition) is 10. The number of aryl methyl sites for hydroxylation is 1. The summed E-state index contributed by atoms with van der Waals surface area (Å²) in [5, 5.41) is 11.5. The summed E-state index contributed by atoms with van der Waals surface area (Å²) in [6.45, 7) is 5.40. The van der Waals surface area contributed by atoms with Gasteiger partial charge in [0.05, 0.1) is 38.8 Å². The number of ether oxygens (including phenoxy) is 3. The molecule has 0 aliphatic heterocycles. The molecule has 12 heteroatoms. The molecule has 1 aliphatic rings. The lowest BCUT2D eigenvalue weighted by Gasteiger charge is -2.23. The van der Waals surface area contributed by atoms with E-state index in [0.717, 1.165) is 16.7 Å². The van der Waals surface area contributed by atoms with Gasteiger partial charge in [-0.3, -0.25) is 19.4 Å². The molecule has 0 spiro atoms. The molecule has 2 amide bonds. The first kappa shape index (κ1) is 33.4. The van der Waals surface area contributed by atoms with E-state index in [-0.39, 0.29) is 28.8 Å². The van der Waals surface area contributed by atoms with E-state index in [1.54, 1.807) is 39.8 Å². The quantitative estimate of drug-likeness (QED) is 0.181. The SMILES string of the molecule is CC[C@H](C)[C@@H](Nc1ccc2c(cc1=O)[C@H](NC(C)=O)CCc1cc(OC)c(OC)c(OC)c1-2)C(=O)Nc1nc(-c2cccnc2)cs1. The molecule has 2 heterocycles. The van der Waals surface area contributed by atoms with Crippen LogP contribution in [0.5, 0.6) is 17.2 Å². The fourth-order valence-electron chi connectivity index (χ4n) is 5.86. The van der Waals surface area contributed by atoms with Gasteiger partial charge in [-0.25, -0.2) is 4.98 Å². The second-order valence-electron chi connectivity index (χ2n) is 11.4. The third-order valence-corrected chi connectivity index (χ3v) is 9.17. The Morgan fingerprint density at radius 1 is 1.09 bits per heavy atom. The zero-order valence-electron chi connectivity index (χ0n) is 27.3. The maximum Gasteiger partial charge on any atom is 0.248 e. The molecule has 3 atom stereocenters. The minimum absolute atomic E-state index is 0.125. The van der Waals surface area contributed by atoms with Crippen molar-refractivity contribution < 1.29 is 23.8 Å². The molecule has 2 aromatic heterocycles. The van der Waals surface area contributed by atoms with E-state index in [1.807, 2.05) is 43.5 Å². The van der Waals surface area contributed by atoms with Crippen LogP contribution >= 0.6 is 11.3 Å². The molecule has 5 rings (SSSR count). The Balaban J connectivity index is 1.56. The number of carbonyl (C=O) groups is 2. The Morgan fingerprint density at radius 2 is 1.87 bits per heavy atom. The second kappa shape index (κ2) is 14.6. The molecule has 0 saturated carbocycles. The molecule has 2 aromatic carbocycles. The normalized spacial score (nSPS) is 14.8. The molecular weight excluding hydrogens is 618 g/mol. The van der Waals surface area contributed by atoms with Crippen LogP contribution in [0.25, 0.3) is 22.4 Å². The van der Waals surface area contributed by atoms with Gasteiger partial charge in [-0.1, -0.05) is 26.3 Å². The lowest BCUT2D eigenvalue weighted by molar-refractivity contribution is -0.120. The number of pyridine rings is 1. The van der Waals surface area contributed by atoms with Crippen LogP contribution in [-0.2, 0) is 16.0 Å². The van der Waals surface area contributed by atoms with Crippen LogP contribution in [0.15, 0.2) is 59.0 Å². The van der Waals surface area contributed by atoms with Gasteiger partial charge in [-0.05, 0) is 65.8 Å². The maximum absolute atomic E-state index is 13.9. The van der Waals surface area contributed by atoms with Gasteiger partial charge in [-0.2, -0.15) is 0 Å². The first-order valence-corrected chi connectivity index (χ1v) is 16.3. The molecule has 1 aliphatic carbocycles. The summed E-state index contributed by atoms with van der Waals surface area (Å²) in [5.41, 5.74) is 4.50. The largest absolute Gasteiger partial charge is 0.493 e. The van der Waals surface area contributed by atoms with Crippen molar-refractivity contribution in [1.82, 2.24) is 15.3 Å². The second-order valence-corrected chi connectivity index (χ2v) is 12.2. The first-order valence-electron chi connectivity index (χ1n) is 15.4. The summed E-state index contributed by atoms with van der Waals surface area (Å²) in [5.74, 6) is 0.760. The van der Waals surface area contributed by atoms with Crippen molar-refractivity contribution in [3.63, 3.8) is 0 Å². The molecule has 246 valence electrons. The van der Waals surface area contributed by atoms with Gasteiger partial charge in [-0.15, -0.1) is 11.3 Å². The number of nitrogens with one attached hydrogen (secondary N) is 3. The summed E-state index contributed by atoms with van der Waals surface area (Å²) in [6, 6.07) is 9.51. The fraction of sp³-hybridized carbons (Fsp3) is 0.343. The van der Waals surface area contributed by atoms with Crippen LogP contribution in [-0.4, -0.2) is 49.2 Å². The number of thiazole rings is 1. The molecule has 0 unspecified atom stereocenters. The lowest BCUT2D eigenvalue weighted by atomic mass is 9.95. The zero-order valence-corrected chi connectivity index (χ0v) is 28.1. The van der Waals surface area contributed by atoms with E-state index in [9.17, 15) is 14.4 Å². The average Bonchev–Trinajstić information content (AvgIpc) is 3.42. The van der Waals surface area contributed by atoms with Crippen LogP contribution < -0.4 is 35.6 Å². The monoisotopic (exact) mass is 657 g/mol. The highest BCUT2D eigenvalue weighted by Crippen LogP contribution is 2.50. The highest BCUT2D eigenvalue weighted by atomic mass is 32.1. The predicted molar refractivity (Wildman–Crippen MR) is 184 cm³/mol. The van der Waals surface area contributed by atoms with Crippen molar-refractivity contribution >= 4 is 34.0 Å². The summed E-state index contributed by atoms with van der Waals surface area (Å²) >= 11 is 1.32. The molecule has 47 heavy (non-hydrogen) atoms. The van der Waals surface area contributed by atoms with Gasteiger partial charge in [0.2, 0.25) is 23.0 Å². The third-order valence-electron chi connectivity index (χ3n) is 8.41. The Bertz CT molecular complexity index is 1830. The van der Waals surface area contributed by atoms with Gasteiger partial charge in [0.15, 0.2) is 16.6 Å². The molecule has 0 radical (unpaired) electrons. The third kappa shape index (κ3) is 7.07. The Kier molecular flexibility index (Phi) is 10.4. The number of benzene rings is 1. The molecule has 11 nitrogen and oxygen atoms in total. The highest BCUT2D eigenvalue weighted by Gasteiger charge is 2.30. The van der Waals surface area contributed by atoms with Gasteiger partial charge in [0, 0.05) is 35.8 Å². The van der Waals surface area contributed by atoms with Gasteiger partial charge in [0.1, 0.15) is 6.04 Å². The molecule has 0 bridgehead atoms. The molecule has 0 fully saturated rings. The molecule has 0 saturated heterocycles. The molecular formula is C35H39N5O6S. The van der Waals surface area contributed by atoms with Gasteiger partial charge >= 0.3 is 0 Å². The Morgan fingerprint density at radius 3 is 2.53 bits per heavy atom. The van der Waals surface area contributed by atoms with Crippen LogP contribution in [0.4, 0.5) is 10.8 Å². The van der Waals surface area contributed by atoms with Crippen molar-refractivity contribution in [1.29, 1.82) is 0 Å². The first-order chi connectivity index (χ1) is 22.7. The number of carbonyl (C=O) groups excluding carboxylic acids is 2. The minimum Gasteiger partial charge on any atom is -0.493 e. The van der Waals surface area contributed by atoms with E-state index < -0.39 is 12.1 Å². The summed E-state index contributed by atoms with van der Waals surface area (Å²) < 4.78 is 17.2. The van der Waals surface area contributed by atoms with Crippen molar-refractivity contribution in [2.75, 3.05) is 32.0 Å². The number of fused-ring (bicyclic) bond motifs is 3. The van der Waals surface area contributed by atoms with Crippen LogP contribution in [0.3, 0.4) is 0 Å².